The monoisotopic (exact) mass is 211 g/mol. The van der Waals surface area contributed by atoms with Gasteiger partial charge >= 0.3 is 0 Å². The van der Waals surface area contributed by atoms with Gasteiger partial charge in [0.25, 0.3) is 0 Å². The molecule has 0 aromatic heterocycles. The van der Waals surface area contributed by atoms with E-state index in [1.54, 1.807) is 0 Å². The van der Waals surface area contributed by atoms with Crippen molar-refractivity contribution in [3.8, 4) is 0 Å². The molecule has 0 spiro atoms. The molecule has 0 aliphatic heterocycles. The number of ether oxygens (including phenoxy) is 1. The molecule has 1 nitrogen and oxygen atoms in total. The third kappa shape index (κ3) is 4.55. The highest BCUT2D eigenvalue weighted by molar-refractivity contribution is 4.84. The summed E-state index contributed by atoms with van der Waals surface area (Å²) in [6, 6.07) is 0. The largest absolute Gasteiger partial charge is 0.372 e. The first kappa shape index (κ1) is 13.0. The summed E-state index contributed by atoms with van der Waals surface area (Å²) in [7, 11) is 0. The molecule has 1 aliphatic rings. The zero-order valence-corrected chi connectivity index (χ0v) is 11.1. The minimum absolute atomic E-state index is 0.249. The van der Waals surface area contributed by atoms with Gasteiger partial charge in [0.1, 0.15) is 0 Å². The van der Waals surface area contributed by atoms with Gasteiger partial charge in [-0.25, -0.2) is 0 Å². The van der Waals surface area contributed by atoms with E-state index in [2.05, 4.69) is 27.7 Å². The fraction of sp³-hybridized carbons (Fsp3) is 0.929. The number of hydrogen-bond acceptors (Lipinski definition) is 1. The molecule has 0 aromatic carbocycles. The molecule has 0 unspecified atom stereocenters. The van der Waals surface area contributed by atoms with E-state index in [0.717, 1.165) is 5.92 Å². The van der Waals surface area contributed by atoms with Crippen LogP contribution in [0.5, 0.6) is 0 Å². The summed E-state index contributed by atoms with van der Waals surface area (Å²) in [5.74, 6) is 0.717. The van der Waals surface area contributed by atoms with Crippen LogP contribution in [0.3, 0.4) is 0 Å². The lowest BCUT2D eigenvalue weighted by Crippen LogP contribution is -2.35. The maximum absolute atomic E-state index is 5.96. The van der Waals surface area contributed by atoms with Gasteiger partial charge in [0.2, 0.25) is 0 Å². The summed E-state index contributed by atoms with van der Waals surface area (Å²) in [6.45, 7) is 15.1. The lowest BCUT2D eigenvalue weighted by molar-refractivity contribution is -0.0766. The van der Waals surface area contributed by atoms with Crippen LogP contribution in [-0.4, -0.2) is 11.7 Å². The summed E-state index contributed by atoms with van der Waals surface area (Å²) >= 11 is 0. The summed E-state index contributed by atoms with van der Waals surface area (Å²) in [5.41, 5.74) is 0.257. The van der Waals surface area contributed by atoms with E-state index in [0.29, 0.717) is 11.5 Å². The van der Waals surface area contributed by atoms with E-state index >= 15 is 0 Å². The summed E-state index contributed by atoms with van der Waals surface area (Å²) in [6.07, 6.45) is 5.68. The lowest BCUT2D eigenvalue weighted by atomic mass is 9.71. The highest BCUT2D eigenvalue weighted by Gasteiger charge is 2.32. The highest BCUT2D eigenvalue weighted by Crippen LogP contribution is 2.40. The molecule has 0 heterocycles. The maximum Gasteiger partial charge on any atom is 0.0631 e. The minimum atomic E-state index is -0.249. The van der Waals surface area contributed by atoms with E-state index in [4.69, 9.17) is 4.74 Å². The Morgan fingerprint density at radius 1 is 1.40 bits per heavy atom. The Morgan fingerprint density at radius 3 is 2.47 bits per heavy atom. The van der Waals surface area contributed by atoms with Gasteiger partial charge in [-0.1, -0.05) is 20.3 Å². The molecule has 0 aromatic rings. The molecule has 0 amide bonds. The maximum atomic E-state index is 5.96. The van der Waals surface area contributed by atoms with Crippen molar-refractivity contribution >= 4 is 0 Å². The molecule has 2 atom stereocenters. The van der Waals surface area contributed by atoms with Gasteiger partial charge in [0, 0.05) is 0 Å². The van der Waals surface area contributed by atoms with Gasteiger partial charge in [-0.2, -0.15) is 0 Å². The van der Waals surface area contributed by atoms with Crippen molar-refractivity contribution in [1.29, 1.82) is 0 Å². The van der Waals surface area contributed by atoms with Crippen LogP contribution >= 0.6 is 0 Å². The van der Waals surface area contributed by atoms with Crippen molar-refractivity contribution in [2.75, 3.05) is 0 Å². The van der Waals surface area contributed by atoms with Crippen LogP contribution in [0.1, 0.15) is 60.3 Å². The predicted molar refractivity (Wildman–Crippen MR) is 65.7 cm³/mol. The van der Waals surface area contributed by atoms with Crippen LogP contribution in [0.2, 0.25) is 0 Å². The second-order valence-electron chi connectivity index (χ2n) is 6.60. The zero-order chi connectivity index (χ0) is 11.7. The van der Waals surface area contributed by atoms with Crippen molar-refractivity contribution in [2.24, 2.45) is 11.3 Å². The molecule has 0 bridgehead atoms. The van der Waals surface area contributed by atoms with Crippen molar-refractivity contribution in [3.63, 3.8) is 0 Å². The smallest absolute Gasteiger partial charge is 0.0631 e. The Labute approximate surface area is 95.6 Å². The lowest BCUT2D eigenvalue weighted by Gasteiger charge is -2.39. The van der Waals surface area contributed by atoms with Gasteiger partial charge in [0.05, 0.1) is 11.7 Å². The first-order valence-corrected chi connectivity index (χ1v) is 6.23. The molecule has 1 aliphatic carbocycles. The Kier molecular flexibility index (Phi) is 3.86. The van der Waals surface area contributed by atoms with Crippen molar-refractivity contribution in [3.05, 3.63) is 6.92 Å². The normalized spacial score (nSPS) is 28.8. The quantitative estimate of drug-likeness (QED) is 0.679. The summed E-state index contributed by atoms with van der Waals surface area (Å²) in [4.78, 5) is 0. The summed E-state index contributed by atoms with van der Waals surface area (Å²) < 4.78 is 5.96. The predicted octanol–water partition coefficient (Wildman–Crippen LogP) is 4.22. The van der Waals surface area contributed by atoms with Crippen LogP contribution in [0, 0.1) is 18.3 Å². The molecular weight excluding hydrogens is 184 g/mol. The van der Waals surface area contributed by atoms with E-state index in [9.17, 15) is 0 Å². The van der Waals surface area contributed by atoms with E-state index in [1.165, 1.54) is 25.7 Å². The molecule has 1 saturated carbocycles. The first-order valence-electron chi connectivity index (χ1n) is 6.23. The Bertz CT molecular complexity index is 200. The van der Waals surface area contributed by atoms with Gasteiger partial charge in [0.15, 0.2) is 0 Å². The van der Waals surface area contributed by atoms with Gasteiger partial charge in [-0.15, -0.1) is 0 Å². The molecule has 1 rings (SSSR count). The summed E-state index contributed by atoms with van der Waals surface area (Å²) in [5, 5.41) is 0. The van der Waals surface area contributed by atoms with Crippen LogP contribution in [0.4, 0.5) is 0 Å². The fourth-order valence-corrected chi connectivity index (χ4v) is 2.76. The average Bonchev–Trinajstić information content (AvgIpc) is 1.99. The number of hydrogen-bond donors (Lipinski definition) is 0. The SMILES string of the molecule is [CH2]C(C)(C)O[C@H](C)[C@@H]1CCCC(C)(C)C1. The van der Waals surface area contributed by atoms with Crippen molar-refractivity contribution in [1.82, 2.24) is 0 Å². The molecule has 89 valence electrons. The Balaban J connectivity index is 2.49. The van der Waals surface area contributed by atoms with Crippen LogP contribution in [-0.2, 0) is 4.74 Å². The third-order valence-corrected chi connectivity index (χ3v) is 3.41. The molecule has 1 fully saturated rings. The minimum Gasteiger partial charge on any atom is -0.372 e. The van der Waals surface area contributed by atoms with Crippen LogP contribution in [0.15, 0.2) is 0 Å². The van der Waals surface area contributed by atoms with Crippen LogP contribution in [0.25, 0.3) is 0 Å². The van der Waals surface area contributed by atoms with Crippen molar-refractivity contribution in [2.45, 2.75) is 72.0 Å². The highest BCUT2D eigenvalue weighted by atomic mass is 16.5. The van der Waals surface area contributed by atoms with Crippen LogP contribution < -0.4 is 0 Å². The topological polar surface area (TPSA) is 9.23 Å². The average molecular weight is 211 g/mol. The van der Waals surface area contributed by atoms with Crippen molar-refractivity contribution < 1.29 is 4.74 Å². The Morgan fingerprint density at radius 2 is 2.00 bits per heavy atom. The zero-order valence-electron chi connectivity index (χ0n) is 11.1. The van der Waals surface area contributed by atoms with Gasteiger partial charge < -0.3 is 4.74 Å². The third-order valence-electron chi connectivity index (χ3n) is 3.41. The first-order chi connectivity index (χ1) is 6.70. The molecule has 0 saturated heterocycles. The van der Waals surface area contributed by atoms with E-state index in [-0.39, 0.29) is 5.60 Å². The van der Waals surface area contributed by atoms with E-state index in [1.807, 2.05) is 13.8 Å². The molecule has 1 heteroatoms. The second-order valence-corrected chi connectivity index (χ2v) is 6.60. The molecule has 1 radical (unpaired) electrons. The standard InChI is InChI=1S/C14H27O/c1-11(15-13(2,3)4)12-8-7-9-14(5,6)10-12/h11-12H,2,7-10H2,1,3-6H3/t11-,12-/m1/s1. The number of rotatable bonds is 3. The fourth-order valence-electron chi connectivity index (χ4n) is 2.76. The molecule has 0 N–H and O–H groups in total. The van der Waals surface area contributed by atoms with Gasteiger partial charge in [-0.3, -0.25) is 0 Å². The van der Waals surface area contributed by atoms with Gasteiger partial charge in [-0.05, 0) is 58.3 Å². The molecular formula is C14H27O. The van der Waals surface area contributed by atoms with E-state index < -0.39 is 0 Å². The Hall–Kier alpha value is -0.0400. The second kappa shape index (κ2) is 4.45. The molecule has 15 heavy (non-hydrogen) atoms.